The van der Waals surface area contributed by atoms with Crippen molar-refractivity contribution in [1.29, 1.82) is 0 Å². The van der Waals surface area contributed by atoms with E-state index in [2.05, 4.69) is 27.1 Å². The van der Waals surface area contributed by atoms with Gasteiger partial charge in [0.05, 0.1) is 11.1 Å². The van der Waals surface area contributed by atoms with E-state index in [1.807, 2.05) is 13.8 Å². The van der Waals surface area contributed by atoms with Crippen molar-refractivity contribution in [2.24, 2.45) is 0 Å². The maximum Gasteiger partial charge on any atom is 0.324 e. The van der Waals surface area contributed by atoms with Crippen molar-refractivity contribution < 1.29 is 13.6 Å². The van der Waals surface area contributed by atoms with Gasteiger partial charge in [-0.05, 0) is 38.5 Å². The first-order valence-corrected chi connectivity index (χ1v) is 7.73. The first kappa shape index (κ1) is 16.8. The summed E-state index contributed by atoms with van der Waals surface area (Å²) < 4.78 is 26.7. The highest BCUT2D eigenvalue weighted by Gasteiger charge is 2.32. The summed E-state index contributed by atoms with van der Waals surface area (Å²) in [4.78, 5) is 21.8. The van der Waals surface area contributed by atoms with Gasteiger partial charge in [0, 0.05) is 24.5 Å². The lowest BCUT2D eigenvalue weighted by atomic mass is 9.99. The molecule has 128 valence electrons. The highest BCUT2D eigenvalue weighted by atomic mass is 19.1. The van der Waals surface area contributed by atoms with Crippen LogP contribution in [0.1, 0.15) is 31.4 Å². The molecule has 25 heavy (non-hydrogen) atoms. The Hall–Kier alpha value is -3.01. The second-order valence-electron chi connectivity index (χ2n) is 6.36. The minimum Gasteiger partial charge on any atom is -0.333 e. The van der Waals surface area contributed by atoms with Gasteiger partial charge in [-0.2, -0.15) is 0 Å². The third-order valence-corrected chi connectivity index (χ3v) is 3.80. The minimum absolute atomic E-state index is 0.0401. The molecule has 3 rings (SSSR count). The van der Waals surface area contributed by atoms with E-state index in [0.717, 1.165) is 24.6 Å². The first-order valence-electron chi connectivity index (χ1n) is 7.73. The van der Waals surface area contributed by atoms with E-state index in [1.165, 1.54) is 17.3 Å². The summed E-state index contributed by atoms with van der Waals surface area (Å²) >= 11 is 0. The van der Waals surface area contributed by atoms with Crippen LogP contribution in [-0.2, 0) is 0 Å². The number of rotatable bonds is 1. The van der Waals surface area contributed by atoms with Crippen molar-refractivity contribution >= 4 is 12.0 Å². The van der Waals surface area contributed by atoms with Crippen molar-refractivity contribution in [3.8, 4) is 11.8 Å². The molecular weight excluding hydrogens is 326 g/mol. The summed E-state index contributed by atoms with van der Waals surface area (Å²) in [6.07, 6.45) is 3.65. The van der Waals surface area contributed by atoms with Crippen molar-refractivity contribution in [2.75, 3.05) is 11.4 Å². The van der Waals surface area contributed by atoms with Gasteiger partial charge in [0.2, 0.25) is 5.95 Å². The van der Waals surface area contributed by atoms with Gasteiger partial charge in [0.25, 0.3) is 0 Å². The number of anilines is 1. The number of hydrogen-bond acceptors (Lipinski definition) is 3. The summed E-state index contributed by atoms with van der Waals surface area (Å²) in [7, 11) is 0. The van der Waals surface area contributed by atoms with E-state index in [1.54, 1.807) is 0 Å². The largest absolute Gasteiger partial charge is 0.333 e. The number of benzene rings is 1. The molecule has 1 saturated heterocycles. The highest BCUT2D eigenvalue weighted by molar-refractivity contribution is 5.91. The Labute approximate surface area is 144 Å². The number of hydrogen-bond donors (Lipinski definition) is 1. The molecule has 2 amide bonds. The van der Waals surface area contributed by atoms with Crippen LogP contribution in [0.2, 0.25) is 0 Å². The third kappa shape index (κ3) is 3.91. The lowest BCUT2D eigenvalue weighted by molar-refractivity contribution is 0.224. The Balaban J connectivity index is 1.77. The number of carbonyl (C=O) groups excluding carboxylic acids is 1. The fourth-order valence-electron chi connectivity index (χ4n) is 2.36. The van der Waals surface area contributed by atoms with Gasteiger partial charge in [0.15, 0.2) is 0 Å². The Bertz CT molecular complexity index is 869. The van der Waals surface area contributed by atoms with Crippen molar-refractivity contribution in [1.82, 2.24) is 15.3 Å². The SMILES string of the molecule is CC1(C)CCN(c2ncc(C#Cc3cc(F)ccc3F)cn2)C(=O)N1. The Morgan fingerprint density at radius 2 is 1.92 bits per heavy atom. The molecule has 0 saturated carbocycles. The first-order chi connectivity index (χ1) is 11.8. The topological polar surface area (TPSA) is 58.1 Å². The fourth-order valence-corrected chi connectivity index (χ4v) is 2.36. The fraction of sp³-hybridized carbons (Fsp3) is 0.278. The number of nitrogens with zero attached hydrogens (tertiary/aromatic N) is 3. The smallest absolute Gasteiger partial charge is 0.324 e. The van der Waals surface area contributed by atoms with Gasteiger partial charge in [-0.3, -0.25) is 4.90 Å². The molecule has 0 bridgehead atoms. The average Bonchev–Trinajstić information content (AvgIpc) is 2.56. The van der Waals surface area contributed by atoms with Crippen LogP contribution >= 0.6 is 0 Å². The van der Waals surface area contributed by atoms with E-state index in [0.29, 0.717) is 12.1 Å². The molecule has 1 aliphatic heterocycles. The molecule has 0 radical (unpaired) electrons. The molecule has 1 aromatic carbocycles. The predicted octanol–water partition coefficient (Wildman–Crippen LogP) is 2.85. The van der Waals surface area contributed by atoms with Crippen LogP contribution in [0.5, 0.6) is 0 Å². The normalized spacial score (nSPS) is 16.0. The zero-order valence-corrected chi connectivity index (χ0v) is 13.8. The summed E-state index contributed by atoms with van der Waals surface area (Å²) in [6, 6.07) is 2.83. The van der Waals surface area contributed by atoms with Crippen LogP contribution in [0.25, 0.3) is 0 Å². The minimum atomic E-state index is -0.598. The van der Waals surface area contributed by atoms with Crippen molar-refractivity contribution in [2.45, 2.75) is 25.8 Å². The highest BCUT2D eigenvalue weighted by Crippen LogP contribution is 2.19. The van der Waals surface area contributed by atoms with Gasteiger partial charge in [-0.15, -0.1) is 0 Å². The van der Waals surface area contributed by atoms with Crippen LogP contribution in [-0.4, -0.2) is 28.1 Å². The number of nitrogens with one attached hydrogen (secondary N) is 1. The monoisotopic (exact) mass is 342 g/mol. The zero-order chi connectivity index (χ0) is 18.0. The number of amides is 2. The number of urea groups is 1. The van der Waals surface area contributed by atoms with E-state index >= 15 is 0 Å². The van der Waals surface area contributed by atoms with Crippen LogP contribution in [0.4, 0.5) is 19.5 Å². The number of aromatic nitrogens is 2. The maximum atomic E-state index is 13.5. The predicted molar refractivity (Wildman–Crippen MR) is 88.9 cm³/mol. The molecule has 0 aliphatic carbocycles. The molecule has 2 heterocycles. The second kappa shape index (κ2) is 6.48. The molecule has 0 spiro atoms. The molecule has 1 fully saturated rings. The van der Waals surface area contributed by atoms with Crippen LogP contribution < -0.4 is 10.2 Å². The molecule has 2 aromatic rings. The van der Waals surface area contributed by atoms with Crippen LogP contribution in [0.3, 0.4) is 0 Å². The molecule has 1 N–H and O–H groups in total. The lowest BCUT2D eigenvalue weighted by Gasteiger charge is -2.36. The van der Waals surface area contributed by atoms with Crippen molar-refractivity contribution in [3.05, 3.63) is 53.4 Å². The number of halogens is 2. The van der Waals surface area contributed by atoms with Crippen LogP contribution in [0.15, 0.2) is 30.6 Å². The van der Waals surface area contributed by atoms with Crippen molar-refractivity contribution in [3.63, 3.8) is 0 Å². The average molecular weight is 342 g/mol. The van der Waals surface area contributed by atoms with Gasteiger partial charge < -0.3 is 5.32 Å². The van der Waals surface area contributed by atoms with Gasteiger partial charge in [-0.1, -0.05) is 11.8 Å². The summed E-state index contributed by atoms with van der Waals surface area (Å²) in [6.45, 7) is 4.42. The van der Waals surface area contributed by atoms with E-state index < -0.39 is 11.6 Å². The summed E-state index contributed by atoms with van der Waals surface area (Å²) in [5.41, 5.74) is 0.139. The molecule has 5 nitrogen and oxygen atoms in total. The molecule has 1 aromatic heterocycles. The standard InChI is InChI=1S/C18H16F2N4O/c1-18(2)7-8-24(17(25)23-18)16-21-10-12(11-22-16)3-4-13-9-14(19)5-6-15(13)20/h5-6,9-11H,7-8H2,1-2H3,(H,23,25). The summed E-state index contributed by atoms with van der Waals surface area (Å²) in [5, 5.41) is 2.88. The Morgan fingerprint density at radius 3 is 2.60 bits per heavy atom. The van der Waals surface area contributed by atoms with Gasteiger partial charge >= 0.3 is 6.03 Å². The maximum absolute atomic E-state index is 13.5. The number of carbonyl (C=O) groups is 1. The molecular formula is C18H16F2N4O. The zero-order valence-electron chi connectivity index (χ0n) is 13.8. The van der Waals surface area contributed by atoms with E-state index in [9.17, 15) is 13.6 Å². The van der Waals surface area contributed by atoms with Crippen LogP contribution in [0, 0.1) is 23.5 Å². The van der Waals surface area contributed by atoms with E-state index in [4.69, 9.17) is 0 Å². The molecule has 1 aliphatic rings. The Morgan fingerprint density at radius 1 is 1.20 bits per heavy atom. The Kier molecular flexibility index (Phi) is 4.36. The van der Waals surface area contributed by atoms with E-state index in [-0.39, 0.29) is 23.1 Å². The lowest BCUT2D eigenvalue weighted by Crippen LogP contribution is -2.57. The quantitative estimate of drug-likeness (QED) is 0.811. The third-order valence-electron chi connectivity index (χ3n) is 3.80. The molecule has 0 unspecified atom stereocenters. The van der Waals surface area contributed by atoms with Gasteiger partial charge in [0.1, 0.15) is 11.6 Å². The second-order valence-corrected chi connectivity index (χ2v) is 6.36. The molecule has 0 atom stereocenters. The molecule has 7 heteroatoms. The summed E-state index contributed by atoms with van der Waals surface area (Å²) in [5.74, 6) is 4.35. The van der Waals surface area contributed by atoms with Gasteiger partial charge in [-0.25, -0.2) is 23.5 Å².